The molecule has 1 fully saturated rings. The fraction of sp³-hybridized carbons (Fsp3) is 0.273. The number of likely N-dealkylation sites (tertiary alicyclic amines) is 1. The number of hydrogen-bond donors (Lipinski definition) is 2. The second-order valence-corrected chi connectivity index (χ2v) is 7.32. The van der Waals surface area contributed by atoms with Crippen molar-refractivity contribution in [1.29, 1.82) is 0 Å². The van der Waals surface area contributed by atoms with Gasteiger partial charge < -0.3 is 15.1 Å². The number of nitrogens with zero attached hydrogens (tertiary/aromatic N) is 1. The van der Waals surface area contributed by atoms with Crippen molar-refractivity contribution in [3.05, 3.63) is 66.1 Å². The van der Waals surface area contributed by atoms with E-state index in [1.165, 1.54) is 6.26 Å². The Balaban J connectivity index is 1.27. The molecule has 1 aliphatic carbocycles. The van der Waals surface area contributed by atoms with Crippen LogP contribution in [0.5, 0.6) is 0 Å². The van der Waals surface area contributed by atoms with Gasteiger partial charge in [0.25, 0.3) is 5.91 Å². The number of hydrogen-bond acceptors (Lipinski definition) is 5. The van der Waals surface area contributed by atoms with Crippen molar-refractivity contribution < 1.29 is 23.6 Å². The molecule has 0 unspecified atom stereocenters. The van der Waals surface area contributed by atoms with E-state index in [4.69, 9.17) is 4.42 Å². The van der Waals surface area contributed by atoms with Crippen molar-refractivity contribution in [1.82, 2.24) is 10.2 Å². The first-order valence-electron chi connectivity index (χ1n) is 9.73. The summed E-state index contributed by atoms with van der Waals surface area (Å²) < 4.78 is 5.04. The highest BCUT2D eigenvalue weighted by molar-refractivity contribution is 6.07. The molecule has 30 heavy (non-hydrogen) atoms. The third kappa shape index (κ3) is 4.03. The molecule has 2 aromatic rings. The fourth-order valence-corrected chi connectivity index (χ4v) is 3.73. The molecule has 4 amide bonds. The molecule has 4 rings (SSSR count). The predicted molar refractivity (Wildman–Crippen MR) is 107 cm³/mol. The first-order chi connectivity index (χ1) is 14.5. The van der Waals surface area contributed by atoms with E-state index in [2.05, 4.69) is 10.6 Å². The summed E-state index contributed by atoms with van der Waals surface area (Å²) in [5.41, 5.74) is 1.41. The molecule has 8 heteroatoms. The Bertz CT molecular complexity index is 968. The van der Waals surface area contributed by atoms with Gasteiger partial charge in [-0.1, -0.05) is 24.3 Å². The van der Waals surface area contributed by atoms with Crippen molar-refractivity contribution >= 4 is 29.3 Å². The van der Waals surface area contributed by atoms with Gasteiger partial charge >= 0.3 is 0 Å². The van der Waals surface area contributed by atoms with E-state index in [-0.39, 0.29) is 48.4 Å². The Kier molecular flexibility index (Phi) is 5.47. The first kappa shape index (κ1) is 19.6. The number of amides is 4. The Hall–Kier alpha value is -3.68. The lowest BCUT2D eigenvalue weighted by Crippen LogP contribution is -2.40. The second-order valence-electron chi connectivity index (χ2n) is 7.32. The monoisotopic (exact) mass is 407 g/mol. The van der Waals surface area contributed by atoms with E-state index in [9.17, 15) is 19.2 Å². The lowest BCUT2D eigenvalue weighted by Gasteiger charge is -2.14. The molecule has 0 spiro atoms. The highest BCUT2D eigenvalue weighted by atomic mass is 16.3. The molecule has 1 aromatic heterocycles. The largest absolute Gasteiger partial charge is 0.459 e. The molecular formula is C22H21N3O5. The van der Waals surface area contributed by atoms with E-state index in [1.54, 1.807) is 36.4 Å². The number of anilines is 1. The summed E-state index contributed by atoms with van der Waals surface area (Å²) in [5, 5.41) is 5.44. The number of benzene rings is 1. The Morgan fingerprint density at radius 2 is 1.67 bits per heavy atom. The molecule has 2 aliphatic rings. The third-order valence-electron chi connectivity index (χ3n) is 5.35. The van der Waals surface area contributed by atoms with Gasteiger partial charge in [0.05, 0.1) is 18.1 Å². The van der Waals surface area contributed by atoms with Crippen molar-refractivity contribution in [3.8, 4) is 0 Å². The maximum absolute atomic E-state index is 12.4. The number of carbonyl (C=O) groups excluding carboxylic acids is 4. The van der Waals surface area contributed by atoms with Crippen LogP contribution in [-0.2, 0) is 20.9 Å². The molecule has 1 saturated heterocycles. The average molecular weight is 407 g/mol. The van der Waals surface area contributed by atoms with Crippen LogP contribution < -0.4 is 10.6 Å². The van der Waals surface area contributed by atoms with Crippen LogP contribution >= 0.6 is 0 Å². The van der Waals surface area contributed by atoms with Gasteiger partial charge in [-0.15, -0.1) is 0 Å². The number of allylic oxidation sites excluding steroid dienone is 2. The summed E-state index contributed by atoms with van der Waals surface area (Å²) in [7, 11) is 0. The molecule has 0 radical (unpaired) electrons. The summed E-state index contributed by atoms with van der Waals surface area (Å²) in [5.74, 6) is -1.72. The number of imide groups is 1. The number of nitrogens with one attached hydrogen (secondary N) is 2. The second kappa shape index (κ2) is 8.36. The van der Waals surface area contributed by atoms with E-state index in [0.717, 1.165) is 10.5 Å². The summed E-state index contributed by atoms with van der Waals surface area (Å²) in [4.78, 5) is 50.1. The van der Waals surface area contributed by atoms with Crippen molar-refractivity contribution in [2.24, 2.45) is 11.8 Å². The van der Waals surface area contributed by atoms with E-state index < -0.39 is 5.91 Å². The topological polar surface area (TPSA) is 109 Å². The maximum Gasteiger partial charge on any atom is 0.291 e. The van der Waals surface area contributed by atoms with Gasteiger partial charge in [0, 0.05) is 12.2 Å². The van der Waals surface area contributed by atoms with E-state index >= 15 is 0 Å². The molecule has 2 heterocycles. The molecule has 8 nitrogen and oxygen atoms in total. The Morgan fingerprint density at radius 3 is 2.27 bits per heavy atom. The van der Waals surface area contributed by atoms with Crippen LogP contribution in [0.2, 0.25) is 0 Å². The zero-order valence-electron chi connectivity index (χ0n) is 16.2. The molecular weight excluding hydrogens is 386 g/mol. The number of carbonyl (C=O) groups is 4. The third-order valence-corrected chi connectivity index (χ3v) is 5.35. The van der Waals surface area contributed by atoms with Gasteiger partial charge in [0.15, 0.2) is 5.76 Å². The molecule has 154 valence electrons. The minimum Gasteiger partial charge on any atom is -0.459 e. The van der Waals surface area contributed by atoms with Crippen LogP contribution in [0.25, 0.3) is 0 Å². The number of fused-ring (bicyclic) bond motifs is 1. The van der Waals surface area contributed by atoms with Gasteiger partial charge in [-0.2, -0.15) is 0 Å². The zero-order valence-corrected chi connectivity index (χ0v) is 16.2. The summed E-state index contributed by atoms with van der Waals surface area (Å²) in [6.07, 6.45) is 6.36. The zero-order chi connectivity index (χ0) is 21.1. The smallest absolute Gasteiger partial charge is 0.291 e. The highest BCUT2D eigenvalue weighted by Gasteiger charge is 2.47. The number of rotatable bonds is 6. The normalized spacial score (nSPS) is 20.2. The summed E-state index contributed by atoms with van der Waals surface area (Å²) in [6, 6.07) is 10.2. The lowest BCUT2D eigenvalue weighted by molar-refractivity contribution is -0.143. The van der Waals surface area contributed by atoms with Gasteiger partial charge in [0.2, 0.25) is 17.7 Å². The maximum atomic E-state index is 12.4. The quantitative estimate of drug-likeness (QED) is 0.563. The highest BCUT2D eigenvalue weighted by Crippen LogP contribution is 2.34. The minimum absolute atomic E-state index is 0.216. The van der Waals surface area contributed by atoms with Crippen LogP contribution in [0.1, 0.15) is 29.0 Å². The summed E-state index contributed by atoms with van der Waals surface area (Å²) in [6.45, 7) is -0.0160. The van der Waals surface area contributed by atoms with Gasteiger partial charge in [-0.25, -0.2) is 0 Å². The SMILES string of the molecule is O=C(CN1C(=O)[C@@H]2CC=CC[C@H]2C1=O)NCc1ccc(NC(=O)c2ccco2)cc1. The molecule has 1 aliphatic heterocycles. The van der Waals surface area contributed by atoms with E-state index in [0.29, 0.717) is 18.5 Å². The summed E-state index contributed by atoms with van der Waals surface area (Å²) >= 11 is 0. The van der Waals surface area contributed by atoms with Crippen LogP contribution in [0, 0.1) is 11.8 Å². The predicted octanol–water partition coefficient (Wildman–Crippen LogP) is 2.10. The van der Waals surface area contributed by atoms with Crippen molar-refractivity contribution in [2.45, 2.75) is 19.4 Å². The van der Waals surface area contributed by atoms with Crippen LogP contribution in [-0.4, -0.2) is 35.1 Å². The average Bonchev–Trinajstić information content (AvgIpc) is 3.38. The van der Waals surface area contributed by atoms with Crippen LogP contribution in [0.15, 0.2) is 59.2 Å². The van der Waals surface area contributed by atoms with E-state index in [1.807, 2.05) is 12.2 Å². The van der Waals surface area contributed by atoms with Gasteiger partial charge in [0.1, 0.15) is 6.54 Å². The van der Waals surface area contributed by atoms with Crippen molar-refractivity contribution in [3.63, 3.8) is 0 Å². The molecule has 0 bridgehead atoms. The van der Waals surface area contributed by atoms with Gasteiger partial charge in [-0.3, -0.25) is 24.1 Å². The number of furan rings is 1. The molecule has 2 N–H and O–H groups in total. The lowest BCUT2D eigenvalue weighted by atomic mass is 9.85. The molecule has 0 saturated carbocycles. The molecule has 2 atom stereocenters. The van der Waals surface area contributed by atoms with Crippen LogP contribution in [0.3, 0.4) is 0 Å². The first-order valence-corrected chi connectivity index (χ1v) is 9.73. The molecule has 1 aromatic carbocycles. The van der Waals surface area contributed by atoms with Crippen LogP contribution in [0.4, 0.5) is 5.69 Å². The fourth-order valence-electron chi connectivity index (χ4n) is 3.73. The minimum atomic E-state index is -0.390. The Labute approximate surface area is 172 Å². The Morgan fingerprint density at radius 1 is 1.00 bits per heavy atom. The van der Waals surface area contributed by atoms with Gasteiger partial charge in [-0.05, 0) is 42.7 Å². The standard InChI is InChI=1S/C22H21N3O5/c26-19(13-25-21(28)16-4-1-2-5-17(16)22(25)29)23-12-14-7-9-15(10-8-14)24-20(27)18-6-3-11-30-18/h1-3,6-11,16-17H,4-5,12-13H2,(H,23,26)(H,24,27)/t16-,17-/m1/s1. The van der Waals surface area contributed by atoms with Crippen molar-refractivity contribution in [2.75, 3.05) is 11.9 Å².